The van der Waals surface area contributed by atoms with E-state index >= 15 is 0 Å². The Morgan fingerprint density at radius 2 is 1.82 bits per heavy atom. The lowest BCUT2D eigenvalue weighted by Crippen LogP contribution is -2.42. The van der Waals surface area contributed by atoms with Gasteiger partial charge < -0.3 is 10.6 Å². The smallest absolute Gasteiger partial charge is 0.324 e. The van der Waals surface area contributed by atoms with Crippen molar-refractivity contribution < 1.29 is 27.6 Å². The fraction of sp³-hybridized carbons (Fsp3) is 0.167. The molecular weight excluding hydrogens is 399 g/mol. The van der Waals surface area contributed by atoms with E-state index in [1.807, 2.05) is 0 Å². The molecule has 28 heavy (non-hydrogen) atoms. The van der Waals surface area contributed by atoms with Crippen molar-refractivity contribution in [2.24, 2.45) is 0 Å². The van der Waals surface area contributed by atoms with Gasteiger partial charge in [0, 0.05) is 11.3 Å². The largest absolute Gasteiger partial charge is 0.325 e. The van der Waals surface area contributed by atoms with Crippen LogP contribution in [0.4, 0.5) is 23.7 Å². The summed E-state index contributed by atoms with van der Waals surface area (Å²) < 4.78 is 40.8. The lowest BCUT2D eigenvalue weighted by atomic mass is 9.91. The lowest BCUT2D eigenvalue weighted by molar-refractivity contribution is -0.133. The number of nitrogens with zero attached hydrogens (tertiary/aromatic N) is 1. The van der Waals surface area contributed by atoms with Gasteiger partial charge in [-0.1, -0.05) is 11.6 Å². The number of imide groups is 1. The molecule has 2 N–H and O–H groups in total. The molecular formula is C18H13ClF3N3O3. The quantitative estimate of drug-likeness (QED) is 0.759. The second-order valence-corrected chi connectivity index (χ2v) is 6.65. The molecule has 0 saturated carbocycles. The average molecular weight is 412 g/mol. The highest BCUT2D eigenvalue weighted by Crippen LogP contribution is 2.31. The van der Waals surface area contributed by atoms with Crippen LogP contribution in [0.5, 0.6) is 0 Å². The minimum absolute atomic E-state index is 0.155. The first kappa shape index (κ1) is 19.7. The fourth-order valence-corrected chi connectivity index (χ4v) is 3.00. The first-order chi connectivity index (χ1) is 13.1. The van der Waals surface area contributed by atoms with E-state index in [2.05, 4.69) is 10.6 Å². The number of hydrogen-bond donors (Lipinski definition) is 2. The third kappa shape index (κ3) is 3.53. The molecule has 0 radical (unpaired) electrons. The second-order valence-electron chi connectivity index (χ2n) is 6.25. The molecule has 1 fully saturated rings. The number of amides is 4. The number of halogens is 4. The molecule has 1 heterocycles. The first-order valence-electron chi connectivity index (χ1n) is 7.96. The maximum Gasteiger partial charge on any atom is 0.325 e. The maximum atomic E-state index is 14.1. The van der Waals surface area contributed by atoms with E-state index in [4.69, 9.17) is 11.6 Å². The van der Waals surface area contributed by atoms with Crippen LogP contribution in [0.15, 0.2) is 36.4 Å². The van der Waals surface area contributed by atoms with E-state index < -0.39 is 47.4 Å². The van der Waals surface area contributed by atoms with Crippen LogP contribution in [0.1, 0.15) is 12.5 Å². The van der Waals surface area contributed by atoms with E-state index in [0.29, 0.717) is 4.90 Å². The van der Waals surface area contributed by atoms with Crippen molar-refractivity contribution in [3.05, 3.63) is 64.4 Å². The van der Waals surface area contributed by atoms with Gasteiger partial charge in [-0.05, 0) is 43.3 Å². The molecule has 2 aromatic carbocycles. The number of anilines is 1. The molecule has 1 atom stereocenters. The Hall–Kier alpha value is -3.07. The topological polar surface area (TPSA) is 78.5 Å². The van der Waals surface area contributed by atoms with E-state index in [0.717, 1.165) is 30.3 Å². The van der Waals surface area contributed by atoms with Gasteiger partial charge in [-0.15, -0.1) is 0 Å². The summed E-state index contributed by atoms with van der Waals surface area (Å²) in [6, 6.07) is 5.02. The number of carbonyl (C=O) groups excluding carboxylic acids is 3. The summed E-state index contributed by atoms with van der Waals surface area (Å²) in [7, 11) is 0. The maximum absolute atomic E-state index is 14.1. The van der Waals surface area contributed by atoms with Gasteiger partial charge in [0.05, 0.1) is 5.02 Å². The molecule has 4 amide bonds. The van der Waals surface area contributed by atoms with Gasteiger partial charge in [0.1, 0.15) is 29.5 Å². The summed E-state index contributed by atoms with van der Waals surface area (Å²) in [6.45, 7) is 0.523. The second kappa shape index (κ2) is 7.16. The Morgan fingerprint density at radius 1 is 1.14 bits per heavy atom. The van der Waals surface area contributed by atoms with Gasteiger partial charge >= 0.3 is 6.03 Å². The van der Waals surface area contributed by atoms with Crippen molar-refractivity contribution in [2.75, 3.05) is 11.9 Å². The van der Waals surface area contributed by atoms with Gasteiger partial charge in [-0.2, -0.15) is 0 Å². The summed E-state index contributed by atoms with van der Waals surface area (Å²) in [5, 5.41) is 4.43. The number of rotatable bonds is 4. The van der Waals surface area contributed by atoms with Crippen LogP contribution in [-0.2, 0) is 15.1 Å². The normalized spacial score (nSPS) is 19.0. The Balaban J connectivity index is 1.79. The monoisotopic (exact) mass is 411 g/mol. The molecule has 2 aromatic rings. The number of benzene rings is 2. The molecule has 1 aliphatic heterocycles. The molecule has 0 unspecified atom stereocenters. The van der Waals surface area contributed by atoms with Crippen LogP contribution in [0.3, 0.4) is 0 Å². The van der Waals surface area contributed by atoms with Gasteiger partial charge in [0.25, 0.3) is 5.91 Å². The SMILES string of the molecule is C[C@@]1(c2cc(F)ccc2F)NC(=O)N(CC(=O)Nc2ccc(F)c(Cl)c2)C1=O. The molecule has 0 bridgehead atoms. The van der Waals surface area contributed by atoms with Gasteiger partial charge in [0.15, 0.2) is 0 Å². The zero-order valence-electron chi connectivity index (χ0n) is 14.4. The van der Waals surface area contributed by atoms with E-state index in [1.54, 1.807) is 0 Å². The lowest BCUT2D eigenvalue weighted by Gasteiger charge is -2.22. The number of urea groups is 1. The Kier molecular flexibility index (Phi) is 5.03. The zero-order valence-corrected chi connectivity index (χ0v) is 15.1. The summed E-state index contributed by atoms with van der Waals surface area (Å²) in [6.07, 6.45) is 0. The number of carbonyl (C=O) groups is 3. The predicted molar refractivity (Wildman–Crippen MR) is 94.0 cm³/mol. The van der Waals surface area contributed by atoms with Crippen molar-refractivity contribution in [1.29, 1.82) is 0 Å². The van der Waals surface area contributed by atoms with Gasteiger partial charge in [0.2, 0.25) is 5.91 Å². The van der Waals surface area contributed by atoms with Crippen LogP contribution >= 0.6 is 11.6 Å². The Morgan fingerprint density at radius 3 is 2.50 bits per heavy atom. The highest BCUT2D eigenvalue weighted by molar-refractivity contribution is 6.31. The molecule has 0 aromatic heterocycles. The number of nitrogens with one attached hydrogen (secondary N) is 2. The Labute approximate surface area is 162 Å². The molecule has 10 heteroatoms. The molecule has 0 spiro atoms. The minimum Gasteiger partial charge on any atom is -0.324 e. The Bertz CT molecular complexity index is 1000. The highest BCUT2D eigenvalue weighted by Gasteiger charge is 2.50. The van der Waals surface area contributed by atoms with Gasteiger partial charge in [-0.3, -0.25) is 14.5 Å². The fourth-order valence-electron chi connectivity index (χ4n) is 2.82. The zero-order chi connectivity index (χ0) is 20.6. The average Bonchev–Trinajstić information content (AvgIpc) is 2.84. The molecule has 0 aliphatic carbocycles. The van der Waals surface area contributed by atoms with E-state index in [1.165, 1.54) is 13.0 Å². The molecule has 3 rings (SSSR count). The molecule has 6 nitrogen and oxygen atoms in total. The van der Waals surface area contributed by atoms with Crippen LogP contribution in [0.2, 0.25) is 5.02 Å². The van der Waals surface area contributed by atoms with E-state index in [9.17, 15) is 27.6 Å². The molecule has 146 valence electrons. The van der Waals surface area contributed by atoms with Crippen molar-refractivity contribution in [1.82, 2.24) is 10.2 Å². The van der Waals surface area contributed by atoms with Crippen LogP contribution in [-0.4, -0.2) is 29.3 Å². The number of hydrogen-bond acceptors (Lipinski definition) is 3. The summed E-state index contributed by atoms with van der Waals surface area (Å²) in [5.74, 6) is -4.04. The highest BCUT2D eigenvalue weighted by atomic mass is 35.5. The summed E-state index contributed by atoms with van der Waals surface area (Å²) in [5.41, 5.74) is -2.08. The summed E-state index contributed by atoms with van der Waals surface area (Å²) >= 11 is 5.63. The summed E-state index contributed by atoms with van der Waals surface area (Å²) in [4.78, 5) is 37.6. The van der Waals surface area contributed by atoms with Crippen LogP contribution < -0.4 is 10.6 Å². The van der Waals surface area contributed by atoms with Crippen molar-refractivity contribution in [2.45, 2.75) is 12.5 Å². The third-order valence-corrected chi connectivity index (χ3v) is 4.54. The van der Waals surface area contributed by atoms with Crippen molar-refractivity contribution in [3.8, 4) is 0 Å². The first-order valence-corrected chi connectivity index (χ1v) is 8.34. The minimum atomic E-state index is -1.87. The van der Waals surface area contributed by atoms with E-state index in [-0.39, 0.29) is 16.3 Å². The van der Waals surface area contributed by atoms with Gasteiger partial charge in [-0.25, -0.2) is 18.0 Å². The predicted octanol–water partition coefficient (Wildman–Crippen LogP) is 3.16. The van der Waals surface area contributed by atoms with Crippen molar-refractivity contribution in [3.63, 3.8) is 0 Å². The molecule has 1 saturated heterocycles. The van der Waals surface area contributed by atoms with Crippen molar-refractivity contribution >= 4 is 35.1 Å². The van der Waals surface area contributed by atoms with Crippen LogP contribution in [0.25, 0.3) is 0 Å². The van der Waals surface area contributed by atoms with Crippen LogP contribution in [0, 0.1) is 17.5 Å². The molecule has 1 aliphatic rings. The third-order valence-electron chi connectivity index (χ3n) is 4.25. The standard InChI is InChI=1S/C18H13ClF3N3O3/c1-18(11-6-9(20)2-4-13(11)21)16(27)25(17(28)24-18)8-15(26)23-10-3-5-14(22)12(19)7-10/h2-7H,8H2,1H3,(H,23,26)(H,24,28)/t18-/m0/s1.